The van der Waals surface area contributed by atoms with Crippen molar-refractivity contribution in [3.63, 3.8) is 0 Å². The van der Waals surface area contributed by atoms with E-state index in [2.05, 4.69) is 38.5 Å². The molecule has 4 nitrogen and oxygen atoms in total. The summed E-state index contributed by atoms with van der Waals surface area (Å²) < 4.78 is 6.21. The molecule has 0 spiro atoms. The molecule has 108 valence electrons. The molecular formula is C12H28IN3OZr. The Morgan fingerprint density at radius 1 is 1.06 bits per heavy atom. The van der Waals surface area contributed by atoms with Crippen molar-refractivity contribution in [3.8, 4) is 0 Å². The van der Waals surface area contributed by atoms with E-state index in [0.29, 0.717) is 12.8 Å². The molecule has 0 bridgehead atoms. The van der Waals surface area contributed by atoms with E-state index in [1.807, 2.05) is 0 Å². The molecule has 1 fully saturated rings. The summed E-state index contributed by atoms with van der Waals surface area (Å²) in [5, 5.41) is 10.9. The normalized spacial score (nSPS) is 20.3. The van der Waals surface area contributed by atoms with Crippen LogP contribution in [0.1, 0.15) is 19.3 Å². The zero-order chi connectivity index (χ0) is 12.8. The second-order valence-corrected chi connectivity index (χ2v) is 5.09. The van der Waals surface area contributed by atoms with E-state index in [0.717, 1.165) is 3.92 Å². The van der Waals surface area contributed by atoms with Crippen LogP contribution in [-0.2, 0) is 30.9 Å². The van der Waals surface area contributed by atoms with Crippen LogP contribution in [-0.4, -0.2) is 52.0 Å². The minimum atomic E-state index is 0. The number of rotatable bonds is 3. The van der Waals surface area contributed by atoms with Gasteiger partial charge in [-0.3, -0.25) is 0 Å². The van der Waals surface area contributed by atoms with Crippen molar-refractivity contribution in [2.24, 2.45) is 0 Å². The number of alkyl halides is 1. The third-order valence-corrected chi connectivity index (χ3v) is 3.21. The van der Waals surface area contributed by atoms with Crippen LogP contribution in [0.3, 0.4) is 0 Å². The van der Waals surface area contributed by atoms with Crippen LogP contribution < -0.4 is 0 Å². The smallest absolute Gasteiger partial charge is 0.668 e. The first kappa shape index (κ1) is 27.7. The van der Waals surface area contributed by atoms with E-state index < -0.39 is 0 Å². The van der Waals surface area contributed by atoms with Gasteiger partial charge >= 0.3 is 26.2 Å². The molecule has 1 rings (SSSR count). The zero-order valence-corrected chi connectivity index (χ0v) is 17.2. The molecule has 0 radical (unpaired) electrons. The van der Waals surface area contributed by atoms with Crippen LogP contribution in [0.25, 0.3) is 16.0 Å². The molecule has 0 aromatic carbocycles. The fourth-order valence-corrected chi connectivity index (χ4v) is 2.25. The van der Waals surface area contributed by atoms with Crippen molar-refractivity contribution in [1.82, 2.24) is 0 Å². The van der Waals surface area contributed by atoms with Crippen molar-refractivity contribution in [1.29, 1.82) is 0 Å². The summed E-state index contributed by atoms with van der Waals surface area (Å²) >= 11 is 2.47. The predicted molar refractivity (Wildman–Crippen MR) is 87.5 cm³/mol. The van der Waals surface area contributed by atoms with Gasteiger partial charge in [-0.25, -0.2) is 0 Å². The number of hydrogen-bond acceptors (Lipinski definition) is 1. The van der Waals surface area contributed by atoms with Crippen LogP contribution >= 0.6 is 22.6 Å². The topological polar surface area (TPSA) is 51.5 Å². The molecule has 0 amide bonds. The van der Waals surface area contributed by atoms with E-state index in [1.54, 1.807) is 35.2 Å². The molecule has 0 N–H and O–H groups in total. The summed E-state index contributed by atoms with van der Waals surface area (Å²) in [6.07, 6.45) is 4.34. The minimum Gasteiger partial charge on any atom is -0.668 e. The Hall–Kier alpha value is 1.45. The molecule has 18 heavy (non-hydrogen) atoms. The fourth-order valence-electron chi connectivity index (χ4n) is 1.24. The number of hydrogen-bond donors (Lipinski definition) is 0. The average Bonchev–Trinajstić information content (AvgIpc) is 2.63. The maximum Gasteiger partial charge on any atom is 4.00 e. The summed E-state index contributed by atoms with van der Waals surface area (Å²) in [7, 11) is 8.79. The maximum atomic E-state index is 5.49. The molecule has 0 aromatic rings. The van der Waals surface area contributed by atoms with Gasteiger partial charge in [-0.15, -0.1) is 0 Å². The first-order valence-corrected chi connectivity index (χ1v) is 6.69. The van der Waals surface area contributed by atoms with E-state index in [9.17, 15) is 0 Å². The molecule has 1 aliphatic rings. The zero-order valence-electron chi connectivity index (χ0n) is 12.6. The van der Waals surface area contributed by atoms with Crippen molar-refractivity contribution in [3.05, 3.63) is 23.4 Å². The van der Waals surface area contributed by atoms with Crippen LogP contribution in [0.2, 0.25) is 0 Å². The maximum absolute atomic E-state index is 5.49. The van der Waals surface area contributed by atoms with Gasteiger partial charge in [0, 0.05) is 3.92 Å². The third kappa shape index (κ3) is 19.8. The second-order valence-electron chi connectivity index (χ2n) is 3.49. The number of halogens is 1. The SMILES string of the molecule is C[N-]C.C[N-]C.C[N-]COC1CCCC1I.[CH3-].[Zr+4]. The molecule has 2 atom stereocenters. The molecule has 0 aliphatic heterocycles. The van der Waals surface area contributed by atoms with Gasteiger partial charge in [-0.1, -0.05) is 22.6 Å². The molecule has 1 aliphatic carbocycles. The largest absolute Gasteiger partial charge is 4.00 e. The Morgan fingerprint density at radius 2 is 1.50 bits per heavy atom. The molecule has 2 unspecified atom stereocenters. The quantitative estimate of drug-likeness (QED) is 0.366. The van der Waals surface area contributed by atoms with Gasteiger partial charge in [-0.2, -0.15) is 35.2 Å². The minimum absolute atomic E-state index is 0. The van der Waals surface area contributed by atoms with Gasteiger partial charge in [0.25, 0.3) is 0 Å². The first-order chi connectivity index (χ1) is 7.67. The van der Waals surface area contributed by atoms with Gasteiger partial charge in [0.1, 0.15) is 0 Å². The Morgan fingerprint density at radius 3 is 1.78 bits per heavy atom. The Labute approximate surface area is 147 Å². The van der Waals surface area contributed by atoms with Gasteiger partial charge in [0.15, 0.2) is 0 Å². The standard InChI is InChI=1S/C7H13INO.2C2H6N.CH3.Zr/c1-9-5-10-7-4-2-3-6(7)8;2*1-3-2;;/h6-7H,2-5H2,1H3;2*1-2H3;1H3;/q4*-1;+4. The molecule has 6 heteroatoms. The van der Waals surface area contributed by atoms with Gasteiger partial charge in [0.05, 0.1) is 6.10 Å². The van der Waals surface area contributed by atoms with Crippen molar-refractivity contribution < 1.29 is 30.9 Å². The van der Waals surface area contributed by atoms with E-state index >= 15 is 0 Å². The van der Waals surface area contributed by atoms with E-state index in [1.165, 1.54) is 19.3 Å². The summed E-state index contributed by atoms with van der Waals surface area (Å²) in [6, 6.07) is 0. The molecule has 0 aromatic heterocycles. The van der Waals surface area contributed by atoms with Crippen molar-refractivity contribution in [2.75, 3.05) is 42.0 Å². The average molecular weight is 449 g/mol. The molecule has 0 saturated heterocycles. The Balaban J connectivity index is -0.000000106. The van der Waals surface area contributed by atoms with E-state index in [4.69, 9.17) is 4.74 Å². The van der Waals surface area contributed by atoms with Crippen LogP contribution in [0.5, 0.6) is 0 Å². The number of ether oxygens (including phenoxy) is 1. The van der Waals surface area contributed by atoms with Gasteiger partial charge in [-0.05, 0) is 26.0 Å². The second kappa shape index (κ2) is 23.5. The first-order valence-electron chi connectivity index (χ1n) is 5.44. The predicted octanol–water partition coefficient (Wildman–Crippen LogP) is 4.01. The van der Waals surface area contributed by atoms with Crippen LogP contribution in [0.4, 0.5) is 0 Å². The molecule has 0 heterocycles. The summed E-state index contributed by atoms with van der Waals surface area (Å²) in [4.78, 5) is 0. The van der Waals surface area contributed by atoms with E-state index in [-0.39, 0.29) is 33.6 Å². The van der Waals surface area contributed by atoms with Crippen molar-refractivity contribution in [2.45, 2.75) is 29.3 Å². The van der Waals surface area contributed by atoms with Gasteiger partial charge < -0.3 is 28.1 Å². The Kier molecular flexibility index (Phi) is 36.3. The third-order valence-electron chi connectivity index (χ3n) is 1.79. The molecular weight excluding hydrogens is 420 g/mol. The van der Waals surface area contributed by atoms with Gasteiger partial charge in [0.2, 0.25) is 0 Å². The van der Waals surface area contributed by atoms with Crippen LogP contribution in [0.15, 0.2) is 0 Å². The Bertz CT molecular complexity index is 132. The summed E-state index contributed by atoms with van der Waals surface area (Å²) in [5.41, 5.74) is 0. The summed E-state index contributed by atoms with van der Waals surface area (Å²) in [5.74, 6) is 0. The van der Waals surface area contributed by atoms with Crippen LogP contribution in [0, 0.1) is 7.43 Å². The monoisotopic (exact) mass is 447 g/mol. The number of nitrogens with zero attached hydrogens (tertiary/aromatic N) is 3. The summed E-state index contributed by atoms with van der Waals surface area (Å²) in [6.45, 7) is 0.574. The molecule has 1 saturated carbocycles. The van der Waals surface area contributed by atoms with Crippen molar-refractivity contribution >= 4 is 22.6 Å². The fraction of sp³-hybridized carbons (Fsp3) is 0.917.